The van der Waals surface area contributed by atoms with Gasteiger partial charge in [0.15, 0.2) is 5.69 Å². The number of halogens is 1. The normalized spacial score (nSPS) is 10.9. The van der Waals surface area contributed by atoms with Gasteiger partial charge in [0.25, 0.3) is 5.56 Å². The summed E-state index contributed by atoms with van der Waals surface area (Å²) >= 11 is 5.91. The van der Waals surface area contributed by atoms with Gasteiger partial charge in [-0.3, -0.25) is 14.2 Å². The fourth-order valence-electron chi connectivity index (χ4n) is 3.03. The molecule has 2 heterocycles. The lowest BCUT2D eigenvalue weighted by atomic mass is 10.2. The largest absolute Gasteiger partial charge is 0.351 e. The van der Waals surface area contributed by atoms with Crippen LogP contribution in [0.3, 0.4) is 0 Å². The number of hydrogen-bond donors (Lipinski definition) is 1. The molecular weight excluding hydrogens is 448 g/mol. The van der Waals surface area contributed by atoms with Crippen LogP contribution in [0.1, 0.15) is 17.9 Å². The Morgan fingerprint density at radius 1 is 1.15 bits per heavy atom. The zero-order valence-electron chi connectivity index (χ0n) is 17.8. The third-order valence-corrected chi connectivity index (χ3v) is 5.04. The molecule has 168 valence electrons. The second-order valence-corrected chi connectivity index (χ2v) is 7.75. The molecule has 1 amide bonds. The summed E-state index contributed by atoms with van der Waals surface area (Å²) in [6, 6.07) is 13.9. The maximum absolute atomic E-state index is 12.6. The second-order valence-electron chi connectivity index (χ2n) is 7.31. The van der Waals surface area contributed by atoms with Gasteiger partial charge in [-0.2, -0.15) is 14.8 Å². The molecule has 0 saturated carbocycles. The lowest BCUT2D eigenvalue weighted by molar-refractivity contribution is -0.116. The van der Waals surface area contributed by atoms with Crippen molar-refractivity contribution in [3.63, 3.8) is 0 Å². The zero-order chi connectivity index (χ0) is 23.5. The summed E-state index contributed by atoms with van der Waals surface area (Å²) in [6.45, 7) is 1.92. The lowest BCUT2D eigenvalue weighted by Crippen LogP contribution is -2.40. The van der Waals surface area contributed by atoms with Gasteiger partial charge in [0.05, 0.1) is 5.69 Å². The number of benzene rings is 2. The number of nitrogens with zero attached hydrogens (tertiary/aromatic N) is 5. The van der Waals surface area contributed by atoms with Crippen LogP contribution in [0.5, 0.6) is 0 Å². The first-order chi connectivity index (χ1) is 15.8. The van der Waals surface area contributed by atoms with Crippen molar-refractivity contribution in [2.24, 2.45) is 7.05 Å². The Bertz CT molecular complexity index is 1440. The van der Waals surface area contributed by atoms with Crippen molar-refractivity contribution in [3.8, 4) is 17.2 Å². The number of carbonyl (C=O) groups excluding carboxylic acids is 1. The highest BCUT2D eigenvalue weighted by Gasteiger charge is 2.19. The van der Waals surface area contributed by atoms with E-state index < -0.39 is 11.2 Å². The Kier molecular flexibility index (Phi) is 6.18. The molecule has 33 heavy (non-hydrogen) atoms. The molecule has 4 rings (SSSR count). The van der Waals surface area contributed by atoms with Crippen LogP contribution in [0.25, 0.3) is 17.2 Å². The Morgan fingerprint density at radius 3 is 2.64 bits per heavy atom. The van der Waals surface area contributed by atoms with Gasteiger partial charge >= 0.3 is 5.69 Å². The molecular formula is C22H19ClN6O4. The number of amides is 1. The highest BCUT2D eigenvalue weighted by Crippen LogP contribution is 2.16. The molecule has 0 atom stereocenters. The van der Waals surface area contributed by atoms with E-state index in [-0.39, 0.29) is 36.2 Å². The summed E-state index contributed by atoms with van der Waals surface area (Å²) in [5, 5.41) is 11.2. The Morgan fingerprint density at radius 2 is 1.91 bits per heavy atom. The number of aryl methyl sites for hydroxylation is 2. The first-order valence-electron chi connectivity index (χ1n) is 9.97. The average Bonchev–Trinajstić information content (AvgIpc) is 3.26. The molecule has 1 N–H and O–H groups in total. The number of aromatic nitrogens is 5. The maximum atomic E-state index is 12.6. The zero-order valence-corrected chi connectivity index (χ0v) is 18.5. The van der Waals surface area contributed by atoms with Crippen LogP contribution in [-0.2, 0) is 18.3 Å². The van der Waals surface area contributed by atoms with Gasteiger partial charge in [-0.1, -0.05) is 40.5 Å². The van der Waals surface area contributed by atoms with Gasteiger partial charge in [-0.25, -0.2) is 4.79 Å². The molecule has 0 saturated heterocycles. The summed E-state index contributed by atoms with van der Waals surface area (Å²) in [7, 11) is 1.35. The van der Waals surface area contributed by atoms with Gasteiger partial charge in [0.2, 0.25) is 17.6 Å². The fraction of sp³-hybridized carbons (Fsp3) is 0.182. The SMILES string of the molecule is Cc1ccc(-n2nc(-c3noc(CCC(=O)Nc4cccc(Cl)c4)n3)c(=O)n(C)c2=O)cc1. The van der Waals surface area contributed by atoms with Crippen molar-refractivity contribution in [2.45, 2.75) is 19.8 Å². The molecule has 2 aromatic heterocycles. The van der Waals surface area contributed by atoms with Crippen LogP contribution in [0, 0.1) is 6.92 Å². The Hall–Kier alpha value is -4.05. The minimum Gasteiger partial charge on any atom is -0.339 e. The summed E-state index contributed by atoms with van der Waals surface area (Å²) < 4.78 is 7.22. The third kappa shape index (κ3) is 4.90. The van der Waals surface area contributed by atoms with Crippen LogP contribution in [0.15, 0.2) is 62.6 Å². The van der Waals surface area contributed by atoms with E-state index in [1.807, 2.05) is 19.1 Å². The molecule has 0 aliphatic heterocycles. The molecule has 0 bridgehead atoms. The molecule has 0 spiro atoms. The number of rotatable bonds is 6. The van der Waals surface area contributed by atoms with Crippen molar-refractivity contribution < 1.29 is 9.32 Å². The molecule has 0 aliphatic carbocycles. The third-order valence-electron chi connectivity index (χ3n) is 4.81. The smallest absolute Gasteiger partial charge is 0.339 e. The highest BCUT2D eigenvalue weighted by atomic mass is 35.5. The topological polar surface area (TPSA) is 125 Å². The summed E-state index contributed by atoms with van der Waals surface area (Å²) in [5.74, 6) is -0.177. The van der Waals surface area contributed by atoms with Crippen LogP contribution in [0.2, 0.25) is 5.02 Å². The van der Waals surface area contributed by atoms with Crippen LogP contribution in [-0.4, -0.2) is 30.4 Å². The highest BCUT2D eigenvalue weighted by molar-refractivity contribution is 6.30. The van der Waals surface area contributed by atoms with E-state index in [1.165, 1.54) is 7.05 Å². The fourth-order valence-corrected chi connectivity index (χ4v) is 3.22. The van der Waals surface area contributed by atoms with Crippen molar-refractivity contribution in [3.05, 3.63) is 85.8 Å². The molecule has 11 heteroatoms. The van der Waals surface area contributed by atoms with E-state index in [9.17, 15) is 14.4 Å². The predicted octanol–water partition coefficient (Wildman–Crippen LogP) is 2.51. The number of carbonyl (C=O) groups is 1. The minimum atomic E-state index is -0.658. The number of nitrogens with one attached hydrogen (secondary N) is 1. The van der Waals surface area contributed by atoms with Crippen LogP contribution >= 0.6 is 11.6 Å². The molecule has 2 aromatic carbocycles. The lowest BCUT2D eigenvalue weighted by Gasteiger charge is -2.08. The van der Waals surface area contributed by atoms with E-state index >= 15 is 0 Å². The van der Waals surface area contributed by atoms with Crippen molar-refractivity contribution in [1.82, 2.24) is 24.5 Å². The molecule has 0 radical (unpaired) electrons. The molecule has 0 fully saturated rings. The summed E-state index contributed by atoms with van der Waals surface area (Å²) in [4.78, 5) is 41.6. The van der Waals surface area contributed by atoms with E-state index in [4.69, 9.17) is 16.1 Å². The van der Waals surface area contributed by atoms with Crippen LogP contribution < -0.4 is 16.6 Å². The standard InChI is InChI=1S/C22H19ClN6O4/c1-13-6-8-16(9-7-13)29-22(32)28(2)21(31)19(26-29)20-25-18(33-27-20)11-10-17(30)24-15-5-3-4-14(23)12-15/h3-9,12H,10-11H2,1-2H3,(H,24,30). The Labute approximate surface area is 192 Å². The van der Waals surface area contributed by atoms with Crippen molar-refractivity contribution in [1.29, 1.82) is 0 Å². The monoisotopic (exact) mass is 466 g/mol. The first kappa shape index (κ1) is 22.2. The van der Waals surface area contributed by atoms with Gasteiger partial charge in [-0.15, -0.1) is 0 Å². The molecule has 10 nitrogen and oxygen atoms in total. The summed E-state index contributed by atoms with van der Waals surface area (Å²) in [6.07, 6.45) is 0.222. The molecule has 0 unspecified atom stereocenters. The maximum Gasteiger partial charge on any atom is 0.351 e. The van der Waals surface area contributed by atoms with Gasteiger partial charge < -0.3 is 9.84 Å². The van der Waals surface area contributed by atoms with Gasteiger partial charge in [-0.05, 0) is 37.3 Å². The first-order valence-corrected chi connectivity index (χ1v) is 10.4. The number of hydrogen-bond acceptors (Lipinski definition) is 7. The van der Waals surface area contributed by atoms with Gasteiger partial charge in [0.1, 0.15) is 0 Å². The minimum absolute atomic E-state index is 0.0679. The quantitative estimate of drug-likeness (QED) is 0.462. The van der Waals surface area contributed by atoms with E-state index in [0.29, 0.717) is 16.4 Å². The van der Waals surface area contributed by atoms with Crippen LogP contribution in [0.4, 0.5) is 5.69 Å². The van der Waals surface area contributed by atoms with E-state index in [1.54, 1.807) is 36.4 Å². The second kappa shape index (κ2) is 9.21. The average molecular weight is 467 g/mol. The van der Waals surface area contributed by atoms with Gasteiger partial charge in [0, 0.05) is 30.6 Å². The van der Waals surface area contributed by atoms with E-state index in [0.717, 1.165) is 14.8 Å². The number of anilines is 1. The molecule has 0 aliphatic rings. The molecule has 4 aromatic rings. The Balaban J connectivity index is 1.54. The summed E-state index contributed by atoms with van der Waals surface area (Å²) in [5.41, 5.74) is 0.673. The predicted molar refractivity (Wildman–Crippen MR) is 122 cm³/mol. The van der Waals surface area contributed by atoms with Crippen molar-refractivity contribution in [2.75, 3.05) is 5.32 Å². The van der Waals surface area contributed by atoms with Crippen molar-refractivity contribution >= 4 is 23.2 Å². The van der Waals surface area contributed by atoms with E-state index in [2.05, 4.69) is 20.6 Å².